The molecule has 3 aliphatic rings. The lowest BCUT2D eigenvalue weighted by molar-refractivity contribution is -0.148. The molecule has 0 saturated carbocycles. The number of imide groups is 1. The summed E-state index contributed by atoms with van der Waals surface area (Å²) < 4.78 is 55.3. The van der Waals surface area contributed by atoms with E-state index in [4.69, 9.17) is 15.1 Å². The van der Waals surface area contributed by atoms with Gasteiger partial charge in [-0.1, -0.05) is 6.07 Å². The number of urea groups is 1. The van der Waals surface area contributed by atoms with E-state index in [0.29, 0.717) is 22.4 Å². The molecule has 0 spiro atoms. The monoisotopic (exact) mass is 515 g/mol. The van der Waals surface area contributed by atoms with Crippen LogP contribution in [0.25, 0.3) is 0 Å². The maximum Gasteiger partial charge on any atom is 0.418 e. The lowest BCUT2D eigenvalue weighted by atomic mass is 10.00. The number of benzene rings is 1. The lowest BCUT2D eigenvalue weighted by Gasteiger charge is -2.31. The van der Waals surface area contributed by atoms with Crippen LogP contribution in [0.1, 0.15) is 31.2 Å². The van der Waals surface area contributed by atoms with Gasteiger partial charge >= 0.3 is 16.4 Å². The van der Waals surface area contributed by atoms with Crippen LogP contribution >= 0.6 is 0 Å². The maximum atomic E-state index is 14.5. The normalized spacial score (nSPS) is 24.1. The molecule has 0 aromatic heterocycles. The number of carbonyl (C=O) groups excluding carboxylic acids is 3. The highest BCUT2D eigenvalue weighted by atomic mass is 32.3. The van der Waals surface area contributed by atoms with Crippen molar-refractivity contribution < 1.29 is 40.8 Å². The van der Waals surface area contributed by atoms with Crippen molar-refractivity contribution in [2.45, 2.75) is 50.2 Å². The molecule has 4 rings (SSSR count). The first-order valence-corrected chi connectivity index (χ1v) is 12.4. The number of nitrogens with one attached hydrogen (secondary N) is 1. The number of ether oxygens (including phenoxy) is 1. The molecule has 1 aromatic carbocycles. The van der Waals surface area contributed by atoms with Gasteiger partial charge in [0.2, 0.25) is 5.91 Å². The predicted octanol–water partition coefficient (Wildman–Crippen LogP) is -0.269. The van der Waals surface area contributed by atoms with Crippen molar-refractivity contribution in [2.75, 3.05) is 19.7 Å². The maximum absolute atomic E-state index is 14.5. The van der Waals surface area contributed by atoms with E-state index in [9.17, 15) is 27.2 Å². The zero-order valence-corrected chi connectivity index (χ0v) is 19.4. The molecule has 3 saturated heterocycles. The number of halogens is 1. The van der Waals surface area contributed by atoms with Crippen molar-refractivity contribution in [3.05, 3.63) is 29.6 Å². The van der Waals surface area contributed by atoms with E-state index < -0.39 is 52.6 Å². The lowest BCUT2D eigenvalue weighted by Crippen LogP contribution is -2.55. The third-order valence-electron chi connectivity index (χ3n) is 6.27. The van der Waals surface area contributed by atoms with E-state index in [1.54, 1.807) is 0 Å². The number of fused-ring (bicyclic) bond motifs is 2. The first kappa shape index (κ1) is 25.2. The number of hydroxylamine groups is 2. The standard InChI is InChI=1S/C20H26FN5O8S/c21-16-9-15(33-11-13-2-1-7-23-13)5-3-12(16)8-18(27)25(22)19(28)17-6-4-14-10-24(17)20(29)26(14)34-35(30,31)32/h3,5,9,13-14,17,23H,1-2,4,6-8,10-11,22H2,(H,30,31,32)/t13-,14-,17+/m1/s1. The number of hydrogen-bond acceptors (Lipinski definition) is 9. The number of hydrazine groups is 1. The molecule has 35 heavy (non-hydrogen) atoms. The highest BCUT2D eigenvalue weighted by Gasteiger charge is 2.50. The van der Waals surface area contributed by atoms with Crippen LogP contribution in [0.2, 0.25) is 0 Å². The summed E-state index contributed by atoms with van der Waals surface area (Å²) in [5.41, 5.74) is 0.0123. The minimum Gasteiger partial charge on any atom is -0.492 e. The van der Waals surface area contributed by atoms with Gasteiger partial charge in [0.15, 0.2) is 0 Å². The number of rotatable bonds is 8. The molecule has 0 radical (unpaired) electrons. The second-order valence-electron chi connectivity index (χ2n) is 8.65. The van der Waals surface area contributed by atoms with Crippen molar-refractivity contribution in [2.24, 2.45) is 5.84 Å². The Hall–Kier alpha value is -2.85. The molecule has 3 aliphatic heterocycles. The third kappa shape index (κ3) is 5.70. The Labute approximate surface area is 200 Å². The number of amides is 4. The molecule has 192 valence electrons. The summed E-state index contributed by atoms with van der Waals surface area (Å²) in [6.07, 6.45) is 1.79. The van der Waals surface area contributed by atoms with Gasteiger partial charge in [0.05, 0.1) is 12.5 Å². The number of nitrogens with two attached hydrogens (primary N) is 1. The molecular weight excluding hydrogens is 489 g/mol. The summed E-state index contributed by atoms with van der Waals surface area (Å²) in [5.74, 6) is 3.54. The SMILES string of the molecule is NN(C(=O)Cc1ccc(OC[C@H]2CCCN2)cc1F)C(=O)[C@@H]1CC[C@@H]2CN1C(=O)N2OS(=O)(=O)O. The zero-order chi connectivity index (χ0) is 25.3. The second kappa shape index (κ2) is 10.0. The van der Waals surface area contributed by atoms with Crippen LogP contribution in [0.4, 0.5) is 9.18 Å². The predicted molar refractivity (Wildman–Crippen MR) is 116 cm³/mol. The van der Waals surface area contributed by atoms with E-state index >= 15 is 0 Å². The highest BCUT2D eigenvalue weighted by Crippen LogP contribution is 2.31. The zero-order valence-electron chi connectivity index (χ0n) is 18.6. The molecular formula is C20H26FN5O8S. The Bertz CT molecular complexity index is 1110. The molecule has 4 amide bonds. The van der Waals surface area contributed by atoms with E-state index in [1.807, 2.05) is 0 Å². The molecule has 4 N–H and O–H groups in total. The van der Waals surface area contributed by atoms with Crippen LogP contribution in [0.5, 0.6) is 5.75 Å². The topological polar surface area (TPSA) is 172 Å². The van der Waals surface area contributed by atoms with Crippen molar-refractivity contribution >= 4 is 28.2 Å². The fourth-order valence-corrected chi connectivity index (χ4v) is 4.87. The summed E-state index contributed by atoms with van der Waals surface area (Å²) >= 11 is 0. The molecule has 3 fully saturated rings. The molecule has 0 aliphatic carbocycles. The van der Waals surface area contributed by atoms with Crippen molar-refractivity contribution in [1.82, 2.24) is 20.3 Å². The summed E-state index contributed by atoms with van der Waals surface area (Å²) in [5, 5.41) is 4.08. The third-order valence-corrected chi connectivity index (χ3v) is 6.62. The average molecular weight is 516 g/mol. The Kier molecular flexibility index (Phi) is 7.23. The minimum atomic E-state index is -4.94. The summed E-state index contributed by atoms with van der Waals surface area (Å²) in [7, 11) is -4.94. The Balaban J connectivity index is 1.35. The molecule has 15 heteroatoms. The first-order valence-electron chi connectivity index (χ1n) is 11.1. The van der Waals surface area contributed by atoms with Gasteiger partial charge in [-0.05, 0) is 43.9 Å². The number of piperidine rings is 1. The van der Waals surface area contributed by atoms with Crippen LogP contribution in [0.15, 0.2) is 18.2 Å². The Morgan fingerprint density at radius 1 is 1.29 bits per heavy atom. The number of hydrogen-bond donors (Lipinski definition) is 3. The largest absolute Gasteiger partial charge is 0.492 e. The van der Waals surface area contributed by atoms with Crippen LogP contribution in [-0.4, -0.2) is 83.6 Å². The summed E-state index contributed by atoms with van der Waals surface area (Å²) in [6.45, 7) is 1.26. The molecule has 2 bridgehead atoms. The van der Waals surface area contributed by atoms with Crippen LogP contribution in [0, 0.1) is 5.82 Å². The fraction of sp³-hybridized carbons (Fsp3) is 0.550. The molecule has 1 aromatic rings. The van der Waals surface area contributed by atoms with E-state index in [2.05, 4.69) is 9.60 Å². The van der Waals surface area contributed by atoms with Gasteiger partial charge in [0.1, 0.15) is 24.2 Å². The molecule has 13 nitrogen and oxygen atoms in total. The van der Waals surface area contributed by atoms with Gasteiger partial charge in [-0.15, -0.1) is 4.28 Å². The number of nitrogens with zero attached hydrogens (tertiary/aromatic N) is 3. The smallest absolute Gasteiger partial charge is 0.418 e. The van der Waals surface area contributed by atoms with Crippen LogP contribution in [0.3, 0.4) is 0 Å². The fourth-order valence-electron chi connectivity index (χ4n) is 4.48. The summed E-state index contributed by atoms with van der Waals surface area (Å²) in [6, 6.07) is 1.47. The Morgan fingerprint density at radius 2 is 2.06 bits per heavy atom. The summed E-state index contributed by atoms with van der Waals surface area (Å²) in [4.78, 5) is 38.9. The average Bonchev–Trinajstić information content (AvgIpc) is 3.41. The van der Waals surface area contributed by atoms with Crippen molar-refractivity contribution in [3.63, 3.8) is 0 Å². The van der Waals surface area contributed by atoms with Gasteiger partial charge in [0.25, 0.3) is 5.91 Å². The molecule has 3 atom stereocenters. The molecule has 3 heterocycles. The van der Waals surface area contributed by atoms with E-state index in [0.717, 1.165) is 30.4 Å². The van der Waals surface area contributed by atoms with E-state index in [-0.39, 0.29) is 31.0 Å². The van der Waals surface area contributed by atoms with Gasteiger partial charge in [-0.2, -0.15) is 13.5 Å². The second-order valence-corrected chi connectivity index (χ2v) is 9.65. The highest BCUT2D eigenvalue weighted by molar-refractivity contribution is 7.80. The van der Waals surface area contributed by atoms with E-state index in [1.165, 1.54) is 12.1 Å². The number of carbonyl (C=O) groups is 3. The molecule has 0 unspecified atom stereocenters. The van der Waals surface area contributed by atoms with Crippen LogP contribution < -0.4 is 15.9 Å². The van der Waals surface area contributed by atoms with Gasteiger partial charge in [0, 0.05) is 18.7 Å². The van der Waals surface area contributed by atoms with Gasteiger partial charge in [-0.25, -0.2) is 20.0 Å². The quantitative estimate of drug-likeness (QED) is 0.181. The van der Waals surface area contributed by atoms with Crippen LogP contribution in [-0.2, 0) is 30.7 Å². The Morgan fingerprint density at radius 3 is 2.71 bits per heavy atom. The first-order chi connectivity index (χ1) is 16.5. The van der Waals surface area contributed by atoms with Crippen molar-refractivity contribution in [3.8, 4) is 5.75 Å². The van der Waals surface area contributed by atoms with Gasteiger partial charge < -0.3 is 15.0 Å². The van der Waals surface area contributed by atoms with Gasteiger partial charge in [-0.3, -0.25) is 14.1 Å². The minimum absolute atomic E-state index is 0.0123. The van der Waals surface area contributed by atoms with Crippen molar-refractivity contribution in [1.29, 1.82) is 0 Å².